The maximum atomic E-state index is 12.7. The highest BCUT2D eigenvalue weighted by atomic mass is 79.9. The maximum absolute atomic E-state index is 12.7. The van der Waals surface area contributed by atoms with Gasteiger partial charge >= 0.3 is 5.97 Å². The SMILES string of the molecule is CC(=O)Nc1ccc(OC(=O)c2cc(Br)ccc2OCCc2ccccc2)cc1. The molecule has 3 rings (SSSR count). The van der Waals surface area contributed by atoms with Crippen LogP contribution in [0, 0.1) is 0 Å². The van der Waals surface area contributed by atoms with Crippen LogP contribution in [0.3, 0.4) is 0 Å². The summed E-state index contributed by atoms with van der Waals surface area (Å²) in [6.07, 6.45) is 0.732. The standard InChI is InChI=1S/C23H20BrNO4/c1-16(26)25-19-8-10-20(11-9-19)29-23(27)21-15-18(24)7-12-22(21)28-14-13-17-5-3-2-4-6-17/h2-12,15H,13-14H2,1H3,(H,25,26). The van der Waals surface area contributed by atoms with Gasteiger partial charge < -0.3 is 14.8 Å². The number of hydrogen-bond acceptors (Lipinski definition) is 4. The van der Waals surface area contributed by atoms with E-state index in [4.69, 9.17) is 9.47 Å². The van der Waals surface area contributed by atoms with Crippen molar-refractivity contribution < 1.29 is 19.1 Å². The molecule has 0 saturated carbocycles. The molecule has 0 unspecified atom stereocenters. The Bertz CT molecular complexity index is 988. The van der Waals surface area contributed by atoms with E-state index in [-0.39, 0.29) is 5.91 Å². The third kappa shape index (κ3) is 6.19. The molecule has 0 saturated heterocycles. The van der Waals surface area contributed by atoms with Gasteiger partial charge in [0.2, 0.25) is 5.91 Å². The molecule has 0 atom stereocenters. The second kappa shape index (κ2) is 9.89. The first-order valence-electron chi connectivity index (χ1n) is 9.07. The molecule has 0 bridgehead atoms. The molecular weight excluding hydrogens is 434 g/mol. The Labute approximate surface area is 177 Å². The molecule has 0 spiro atoms. The number of anilines is 1. The van der Waals surface area contributed by atoms with Gasteiger partial charge in [-0.05, 0) is 48.0 Å². The lowest BCUT2D eigenvalue weighted by Crippen LogP contribution is -2.12. The minimum Gasteiger partial charge on any atom is -0.492 e. The van der Waals surface area contributed by atoms with E-state index in [9.17, 15) is 9.59 Å². The first-order chi connectivity index (χ1) is 14.0. The molecule has 29 heavy (non-hydrogen) atoms. The minimum absolute atomic E-state index is 0.166. The number of esters is 1. The van der Waals surface area contributed by atoms with Gasteiger partial charge in [0, 0.05) is 23.5 Å². The molecule has 0 radical (unpaired) electrons. The number of rotatable bonds is 7. The Morgan fingerprint density at radius 1 is 0.966 bits per heavy atom. The molecule has 0 aromatic heterocycles. The average molecular weight is 454 g/mol. The Kier molecular flexibility index (Phi) is 7.03. The van der Waals surface area contributed by atoms with Crippen molar-refractivity contribution in [3.63, 3.8) is 0 Å². The molecular formula is C23H20BrNO4. The van der Waals surface area contributed by atoms with Crippen molar-refractivity contribution in [3.8, 4) is 11.5 Å². The highest BCUT2D eigenvalue weighted by Gasteiger charge is 2.16. The van der Waals surface area contributed by atoms with Crippen LogP contribution in [0.5, 0.6) is 11.5 Å². The number of benzene rings is 3. The fraction of sp³-hybridized carbons (Fsp3) is 0.130. The topological polar surface area (TPSA) is 64.6 Å². The summed E-state index contributed by atoms with van der Waals surface area (Å²) in [5, 5.41) is 2.66. The largest absolute Gasteiger partial charge is 0.492 e. The Balaban J connectivity index is 1.67. The first kappa shape index (κ1) is 20.6. The van der Waals surface area contributed by atoms with Crippen LogP contribution >= 0.6 is 15.9 Å². The molecule has 0 aliphatic rings. The summed E-state index contributed by atoms with van der Waals surface area (Å²) in [7, 11) is 0. The second-order valence-electron chi connectivity index (χ2n) is 6.32. The second-order valence-corrected chi connectivity index (χ2v) is 7.24. The molecule has 1 N–H and O–H groups in total. The number of halogens is 1. The fourth-order valence-electron chi connectivity index (χ4n) is 2.68. The summed E-state index contributed by atoms with van der Waals surface area (Å²) in [5.41, 5.74) is 2.12. The van der Waals surface area contributed by atoms with E-state index in [1.807, 2.05) is 36.4 Å². The lowest BCUT2D eigenvalue weighted by atomic mass is 10.1. The number of ether oxygens (including phenoxy) is 2. The Morgan fingerprint density at radius 2 is 1.69 bits per heavy atom. The fourth-order valence-corrected chi connectivity index (χ4v) is 3.04. The predicted octanol–water partition coefficient (Wildman–Crippen LogP) is 5.25. The Morgan fingerprint density at radius 3 is 2.38 bits per heavy atom. The van der Waals surface area contributed by atoms with Gasteiger partial charge in [0.25, 0.3) is 0 Å². The molecule has 6 heteroatoms. The highest BCUT2D eigenvalue weighted by Crippen LogP contribution is 2.26. The number of hydrogen-bond donors (Lipinski definition) is 1. The van der Waals surface area contributed by atoms with E-state index < -0.39 is 5.97 Å². The molecule has 0 aliphatic heterocycles. The van der Waals surface area contributed by atoms with Crippen molar-refractivity contribution in [1.29, 1.82) is 0 Å². The minimum atomic E-state index is -0.520. The normalized spacial score (nSPS) is 10.3. The van der Waals surface area contributed by atoms with Crippen molar-refractivity contribution in [3.05, 3.63) is 88.4 Å². The zero-order valence-electron chi connectivity index (χ0n) is 15.9. The number of nitrogens with one attached hydrogen (secondary N) is 1. The highest BCUT2D eigenvalue weighted by molar-refractivity contribution is 9.10. The van der Waals surface area contributed by atoms with E-state index in [2.05, 4.69) is 21.2 Å². The molecule has 0 heterocycles. The van der Waals surface area contributed by atoms with E-state index in [1.165, 1.54) is 6.92 Å². The lowest BCUT2D eigenvalue weighted by molar-refractivity contribution is -0.114. The zero-order chi connectivity index (χ0) is 20.6. The molecule has 0 aliphatic carbocycles. The third-order valence-corrected chi connectivity index (χ3v) is 4.53. The van der Waals surface area contributed by atoms with Crippen LogP contribution < -0.4 is 14.8 Å². The van der Waals surface area contributed by atoms with E-state index in [0.29, 0.717) is 29.4 Å². The summed E-state index contributed by atoms with van der Waals surface area (Å²) < 4.78 is 12.1. The molecule has 1 amide bonds. The van der Waals surface area contributed by atoms with Crippen LogP contribution in [-0.4, -0.2) is 18.5 Å². The molecule has 3 aromatic rings. The number of carbonyl (C=O) groups is 2. The van der Waals surface area contributed by atoms with Gasteiger partial charge in [-0.15, -0.1) is 0 Å². The molecule has 0 fully saturated rings. The summed E-state index contributed by atoms with van der Waals surface area (Å²) in [6.45, 7) is 1.87. The van der Waals surface area contributed by atoms with Crippen molar-refractivity contribution in [1.82, 2.24) is 0 Å². The van der Waals surface area contributed by atoms with Crippen LogP contribution in [0.1, 0.15) is 22.8 Å². The monoisotopic (exact) mass is 453 g/mol. The summed E-state index contributed by atoms with van der Waals surface area (Å²) >= 11 is 3.38. The van der Waals surface area contributed by atoms with Crippen molar-refractivity contribution in [2.75, 3.05) is 11.9 Å². The van der Waals surface area contributed by atoms with Gasteiger partial charge in [0.15, 0.2) is 0 Å². The van der Waals surface area contributed by atoms with E-state index in [0.717, 1.165) is 16.5 Å². The van der Waals surface area contributed by atoms with Gasteiger partial charge in [0.1, 0.15) is 17.1 Å². The van der Waals surface area contributed by atoms with Crippen LogP contribution in [0.4, 0.5) is 5.69 Å². The van der Waals surface area contributed by atoms with Crippen molar-refractivity contribution in [2.45, 2.75) is 13.3 Å². The predicted molar refractivity (Wildman–Crippen MR) is 115 cm³/mol. The zero-order valence-corrected chi connectivity index (χ0v) is 17.4. The first-order valence-corrected chi connectivity index (χ1v) is 9.86. The van der Waals surface area contributed by atoms with E-state index >= 15 is 0 Å². The van der Waals surface area contributed by atoms with Crippen LogP contribution in [0.2, 0.25) is 0 Å². The van der Waals surface area contributed by atoms with Crippen LogP contribution in [0.15, 0.2) is 77.3 Å². The number of carbonyl (C=O) groups excluding carboxylic acids is 2. The molecule has 148 valence electrons. The van der Waals surface area contributed by atoms with E-state index in [1.54, 1.807) is 36.4 Å². The summed E-state index contributed by atoms with van der Waals surface area (Å²) in [6, 6.07) is 21.8. The molecule has 3 aromatic carbocycles. The van der Waals surface area contributed by atoms with Gasteiger partial charge in [-0.3, -0.25) is 4.79 Å². The summed E-state index contributed by atoms with van der Waals surface area (Å²) in [5.74, 6) is 0.151. The average Bonchev–Trinajstić information content (AvgIpc) is 2.71. The van der Waals surface area contributed by atoms with Crippen molar-refractivity contribution in [2.24, 2.45) is 0 Å². The van der Waals surface area contributed by atoms with Gasteiger partial charge in [-0.1, -0.05) is 46.3 Å². The van der Waals surface area contributed by atoms with Gasteiger partial charge in [0.05, 0.1) is 6.61 Å². The van der Waals surface area contributed by atoms with Crippen LogP contribution in [0.25, 0.3) is 0 Å². The van der Waals surface area contributed by atoms with Crippen LogP contribution in [-0.2, 0) is 11.2 Å². The quantitative estimate of drug-likeness (QED) is 0.391. The lowest BCUT2D eigenvalue weighted by Gasteiger charge is -2.12. The smallest absolute Gasteiger partial charge is 0.347 e. The molecule has 5 nitrogen and oxygen atoms in total. The summed E-state index contributed by atoms with van der Waals surface area (Å²) in [4.78, 5) is 23.8. The van der Waals surface area contributed by atoms with Gasteiger partial charge in [-0.2, -0.15) is 0 Å². The van der Waals surface area contributed by atoms with Gasteiger partial charge in [-0.25, -0.2) is 4.79 Å². The maximum Gasteiger partial charge on any atom is 0.347 e. The third-order valence-electron chi connectivity index (χ3n) is 4.04. The van der Waals surface area contributed by atoms with Crippen molar-refractivity contribution >= 4 is 33.5 Å². The Hall–Kier alpha value is -3.12. The number of amides is 1.